The minimum atomic E-state index is 0.123. The third-order valence-corrected chi connectivity index (χ3v) is 2.99. The number of likely N-dealkylation sites (N-methyl/N-ethyl adjacent to an activating group) is 1. The number of hydrogen-bond acceptors (Lipinski definition) is 3. The zero-order valence-electron chi connectivity index (χ0n) is 9.91. The molecule has 4 nitrogen and oxygen atoms in total. The lowest BCUT2D eigenvalue weighted by atomic mass is 10.2. The molecule has 1 rings (SSSR count). The van der Waals surface area contributed by atoms with Crippen molar-refractivity contribution in [2.45, 2.75) is 31.7 Å². The number of rotatable bonds is 5. The predicted octanol–water partition coefficient (Wildman–Crippen LogP) is 0.278. The number of carbonyl (C=O) groups is 1. The summed E-state index contributed by atoms with van der Waals surface area (Å²) >= 11 is 0. The Morgan fingerprint density at radius 2 is 2.20 bits per heavy atom. The van der Waals surface area contributed by atoms with Gasteiger partial charge in [0, 0.05) is 14.1 Å². The molecule has 0 aliphatic carbocycles. The molecule has 1 heterocycles. The molecule has 0 spiro atoms. The van der Waals surface area contributed by atoms with Crippen molar-refractivity contribution in [1.29, 1.82) is 0 Å². The van der Waals surface area contributed by atoms with Gasteiger partial charge < -0.3 is 10.6 Å². The largest absolute Gasteiger partial charge is 0.347 e. The highest BCUT2D eigenvalue weighted by atomic mass is 16.2. The normalized spacial score (nSPS) is 21.9. The van der Waals surface area contributed by atoms with Crippen LogP contribution in [0.2, 0.25) is 0 Å². The zero-order chi connectivity index (χ0) is 11.3. The molecule has 0 saturated carbocycles. The van der Waals surface area contributed by atoms with Crippen LogP contribution in [0.25, 0.3) is 0 Å². The molecule has 1 aliphatic heterocycles. The summed E-state index contributed by atoms with van der Waals surface area (Å²) in [6.07, 6.45) is 4.32. The van der Waals surface area contributed by atoms with Crippen LogP contribution in [-0.4, -0.2) is 55.5 Å². The molecular weight excluding hydrogens is 190 g/mol. The first kappa shape index (κ1) is 12.5. The fourth-order valence-corrected chi connectivity index (χ4v) is 2.13. The van der Waals surface area contributed by atoms with Gasteiger partial charge in [-0.2, -0.15) is 0 Å². The molecule has 0 aromatic rings. The lowest BCUT2D eigenvalue weighted by molar-refractivity contribution is -0.133. The molecule has 88 valence electrons. The van der Waals surface area contributed by atoms with Gasteiger partial charge in [-0.1, -0.05) is 0 Å². The van der Waals surface area contributed by atoms with Gasteiger partial charge >= 0.3 is 0 Å². The fraction of sp³-hybridized carbons (Fsp3) is 0.909. The van der Waals surface area contributed by atoms with Crippen molar-refractivity contribution < 1.29 is 4.79 Å². The molecule has 2 N–H and O–H groups in total. The topological polar surface area (TPSA) is 49.6 Å². The molecule has 1 atom stereocenters. The van der Waals surface area contributed by atoms with Crippen LogP contribution in [0.15, 0.2) is 0 Å². The molecule has 0 aromatic heterocycles. The van der Waals surface area contributed by atoms with Crippen molar-refractivity contribution in [3.63, 3.8) is 0 Å². The highest BCUT2D eigenvalue weighted by Crippen LogP contribution is 2.18. The van der Waals surface area contributed by atoms with Gasteiger partial charge in [0.05, 0.1) is 6.04 Å². The van der Waals surface area contributed by atoms with Gasteiger partial charge in [-0.15, -0.1) is 0 Å². The Morgan fingerprint density at radius 3 is 2.80 bits per heavy atom. The second-order valence-corrected chi connectivity index (χ2v) is 4.42. The number of amides is 1. The van der Waals surface area contributed by atoms with E-state index in [2.05, 4.69) is 4.90 Å². The molecule has 1 aliphatic rings. The Morgan fingerprint density at radius 1 is 1.47 bits per heavy atom. The highest BCUT2D eigenvalue weighted by Gasteiger charge is 2.30. The SMILES string of the molecule is CN(C)C(=O)C1CCCN1CCCCN. The smallest absolute Gasteiger partial charge is 0.239 e. The Labute approximate surface area is 92.4 Å². The van der Waals surface area contributed by atoms with E-state index in [9.17, 15) is 4.79 Å². The summed E-state index contributed by atoms with van der Waals surface area (Å²) < 4.78 is 0. The van der Waals surface area contributed by atoms with Crippen molar-refractivity contribution in [2.75, 3.05) is 33.7 Å². The summed E-state index contributed by atoms with van der Waals surface area (Å²) in [5.74, 6) is 0.250. The molecule has 0 aromatic carbocycles. The van der Waals surface area contributed by atoms with Crippen molar-refractivity contribution >= 4 is 5.91 Å². The van der Waals surface area contributed by atoms with Crippen LogP contribution in [-0.2, 0) is 4.79 Å². The summed E-state index contributed by atoms with van der Waals surface area (Å²) in [4.78, 5) is 15.9. The van der Waals surface area contributed by atoms with Crippen molar-refractivity contribution in [1.82, 2.24) is 9.80 Å². The first-order chi connectivity index (χ1) is 7.16. The Hall–Kier alpha value is -0.610. The number of hydrogen-bond donors (Lipinski definition) is 1. The lowest BCUT2D eigenvalue weighted by Gasteiger charge is -2.25. The summed E-state index contributed by atoms with van der Waals surface area (Å²) in [5, 5.41) is 0. The van der Waals surface area contributed by atoms with E-state index in [0.29, 0.717) is 0 Å². The minimum Gasteiger partial charge on any atom is -0.347 e. The van der Waals surface area contributed by atoms with E-state index in [0.717, 1.165) is 45.3 Å². The molecule has 1 unspecified atom stereocenters. The van der Waals surface area contributed by atoms with E-state index in [-0.39, 0.29) is 11.9 Å². The van der Waals surface area contributed by atoms with E-state index in [1.165, 1.54) is 0 Å². The van der Waals surface area contributed by atoms with Crippen LogP contribution >= 0.6 is 0 Å². The average Bonchev–Trinajstić information content (AvgIpc) is 2.65. The average molecular weight is 213 g/mol. The number of nitrogens with two attached hydrogens (primary N) is 1. The molecule has 0 radical (unpaired) electrons. The van der Waals surface area contributed by atoms with Crippen molar-refractivity contribution in [2.24, 2.45) is 5.73 Å². The van der Waals surface area contributed by atoms with Gasteiger partial charge in [-0.3, -0.25) is 9.69 Å². The molecule has 1 amide bonds. The first-order valence-electron chi connectivity index (χ1n) is 5.82. The maximum absolute atomic E-state index is 11.8. The summed E-state index contributed by atoms with van der Waals surface area (Å²) in [6, 6.07) is 0.123. The number of likely N-dealkylation sites (tertiary alicyclic amines) is 1. The minimum absolute atomic E-state index is 0.123. The highest BCUT2D eigenvalue weighted by molar-refractivity contribution is 5.81. The predicted molar refractivity (Wildman–Crippen MR) is 61.6 cm³/mol. The second kappa shape index (κ2) is 6.08. The van der Waals surface area contributed by atoms with E-state index < -0.39 is 0 Å². The molecular formula is C11H23N3O. The van der Waals surface area contributed by atoms with Crippen LogP contribution in [0.4, 0.5) is 0 Å². The number of nitrogens with zero attached hydrogens (tertiary/aromatic N) is 2. The maximum atomic E-state index is 11.8. The Balaban J connectivity index is 2.39. The van der Waals surface area contributed by atoms with E-state index in [1.54, 1.807) is 4.90 Å². The van der Waals surface area contributed by atoms with Crippen LogP contribution in [0.1, 0.15) is 25.7 Å². The van der Waals surface area contributed by atoms with E-state index in [4.69, 9.17) is 5.73 Å². The van der Waals surface area contributed by atoms with Crippen LogP contribution in [0.5, 0.6) is 0 Å². The van der Waals surface area contributed by atoms with Crippen LogP contribution in [0, 0.1) is 0 Å². The van der Waals surface area contributed by atoms with Gasteiger partial charge in [0.25, 0.3) is 0 Å². The van der Waals surface area contributed by atoms with Gasteiger partial charge in [0.1, 0.15) is 0 Å². The lowest BCUT2D eigenvalue weighted by Crippen LogP contribution is -2.43. The molecule has 0 bridgehead atoms. The Kier molecular flexibility index (Phi) is 5.05. The quantitative estimate of drug-likeness (QED) is 0.667. The van der Waals surface area contributed by atoms with E-state index in [1.807, 2.05) is 14.1 Å². The second-order valence-electron chi connectivity index (χ2n) is 4.42. The van der Waals surface area contributed by atoms with E-state index >= 15 is 0 Å². The van der Waals surface area contributed by atoms with Gasteiger partial charge in [-0.25, -0.2) is 0 Å². The zero-order valence-corrected chi connectivity index (χ0v) is 9.91. The third-order valence-electron chi connectivity index (χ3n) is 2.99. The number of unbranched alkanes of at least 4 members (excludes halogenated alkanes) is 1. The standard InChI is InChI=1S/C11H23N3O/c1-13(2)11(15)10-6-5-9-14(10)8-4-3-7-12/h10H,3-9,12H2,1-2H3. The van der Waals surface area contributed by atoms with Gasteiger partial charge in [-0.05, 0) is 45.3 Å². The van der Waals surface area contributed by atoms with Crippen LogP contribution in [0.3, 0.4) is 0 Å². The monoisotopic (exact) mass is 213 g/mol. The maximum Gasteiger partial charge on any atom is 0.239 e. The van der Waals surface area contributed by atoms with Crippen molar-refractivity contribution in [3.8, 4) is 0 Å². The summed E-state index contributed by atoms with van der Waals surface area (Å²) in [7, 11) is 3.66. The van der Waals surface area contributed by atoms with Gasteiger partial charge in [0.15, 0.2) is 0 Å². The van der Waals surface area contributed by atoms with Gasteiger partial charge in [0.2, 0.25) is 5.91 Å². The van der Waals surface area contributed by atoms with Crippen LogP contribution < -0.4 is 5.73 Å². The molecule has 15 heavy (non-hydrogen) atoms. The molecule has 1 fully saturated rings. The molecule has 1 saturated heterocycles. The summed E-state index contributed by atoms with van der Waals surface area (Å²) in [5.41, 5.74) is 5.46. The van der Waals surface area contributed by atoms with Crippen molar-refractivity contribution in [3.05, 3.63) is 0 Å². The third kappa shape index (κ3) is 3.47. The number of carbonyl (C=O) groups excluding carboxylic acids is 1. The summed E-state index contributed by atoms with van der Waals surface area (Å²) in [6.45, 7) is 2.83. The fourth-order valence-electron chi connectivity index (χ4n) is 2.13. The molecule has 4 heteroatoms. The Bertz CT molecular complexity index is 206. The first-order valence-corrected chi connectivity index (χ1v) is 5.82.